The van der Waals surface area contributed by atoms with E-state index < -0.39 is 0 Å². The van der Waals surface area contributed by atoms with Crippen LogP contribution in [0.5, 0.6) is 5.75 Å². The summed E-state index contributed by atoms with van der Waals surface area (Å²) in [7, 11) is 1.61. The van der Waals surface area contributed by atoms with Crippen molar-refractivity contribution in [2.75, 3.05) is 19.0 Å². The number of benzene rings is 1. The maximum atomic E-state index is 12.4. The summed E-state index contributed by atoms with van der Waals surface area (Å²) in [5.74, 6) is 0.613. The second-order valence-electron chi connectivity index (χ2n) is 6.43. The number of amides is 1. The van der Waals surface area contributed by atoms with E-state index in [4.69, 9.17) is 13.9 Å². The molecule has 4 rings (SSSR count). The average molecular weight is 355 g/mol. The third kappa shape index (κ3) is 3.57. The van der Waals surface area contributed by atoms with Crippen molar-refractivity contribution >= 4 is 22.6 Å². The van der Waals surface area contributed by atoms with Crippen LogP contribution >= 0.6 is 0 Å². The Hall–Kier alpha value is -2.80. The van der Waals surface area contributed by atoms with Gasteiger partial charge in [0.1, 0.15) is 11.3 Å². The van der Waals surface area contributed by atoms with Crippen LogP contribution in [-0.4, -0.2) is 35.5 Å². The molecule has 0 saturated carbocycles. The van der Waals surface area contributed by atoms with Crippen molar-refractivity contribution in [1.29, 1.82) is 0 Å². The van der Waals surface area contributed by atoms with Crippen LogP contribution in [0.3, 0.4) is 0 Å². The van der Waals surface area contributed by atoms with E-state index in [1.165, 1.54) is 0 Å². The van der Waals surface area contributed by atoms with E-state index in [1.807, 2.05) is 29.1 Å². The largest absolute Gasteiger partial charge is 0.497 e. The Bertz CT molecular complexity index is 909. The molecule has 1 N–H and O–H groups in total. The number of aromatic nitrogens is 2. The van der Waals surface area contributed by atoms with Crippen LogP contribution in [0, 0.1) is 0 Å². The Morgan fingerprint density at radius 2 is 2.38 bits per heavy atom. The van der Waals surface area contributed by atoms with Gasteiger partial charge in [0.2, 0.25) is 5.91 Å². The maximum absolute atomic E-state index is 12.4. The van der Waals surface area contributed by atoms with Gasteiger partial charge in [0.15, 0.2) is 0 Å². The molecule has 2 aromatic heterocycles. The standard InChI is InChI=1S/C19H21N3O4/c1-24-15-4-5-17-13(12-26-18(17)8-15)7-19(23)21-14-9-20-22(10-14)11-16-3-2-6-25-16/h4-5,8-10,12,16H,2-3,6-7,11H2,1H3,(H,21,23). The first-order valence-electron chi connectivity index (χ1n) is 8.69. The van der Waals surface area contributed by atoms with Crippen LogP contribution in [-0.2, 0) is 22.5 Å². The first kappa shape index (κ1) is 16.7. The minimum atomic E-state index is -0.111. The molecule has 0 bridgehead atoms. The highest BCUT2D eigenvalue weighted by atomic mass is 16.5. The minimum Gasteiger partial charge on any atom is -0.497 e. The second kappa shape index (κ2) is 7.21. The predicted molar refractivity (Wildman–Crippen MR) is 96.3 cm³/mol. The zero-order valence-corrected chi connectivity index (χ0v) is 14.6. The van der Waals surface area contributed by atoms with Gasteiger partial charge in [-0.25, -0.2) is 0 Å². The van der Waals surface area contributed by atoms with Gasteiger partial charge < -0.3 is 19.2 Å². The second-order valence-corrected chi connectivity index (χ2v) is 6.43. The van der Waals surface area contributed by atoms with Crippen LogP contribution in [0.15, 0.2) is 41.3 Å². The molecule has 1 amide bonds. The van der Waals surface area contributed by atoms with E-state index in [9.17, 15) is 4.79 Å². The van der Waals surface area contributed by atoms with Gasteiger partial charge in [0, 0.05) is 29.8 Å². The Balaban J connectivity index is 1.39. The summed E-state index contributed by atoms with van der Waals surface area (Å²) in [6.07, 6.45) is 7.71. The normalized spacial score (nSPS) is 16.9. The molecule has 136 valence electrons. The molecule has 7 heteroatoms. The molecule has 1 aliphatic heterocycles. The van der Waals surface area contributed by atoms with Crippen LogP contribution in [0.2, 0.25) is 0 Å². The smallest absolute Gasteiger partial charge is 0.229 e. The molecule has 1 aliphatic rings. The Kier molecular flexibility index (Phi) is 4.62. The highest BCUT2D eigenvalue weighted by Gasteiger charge is 2.17. The van der Waals surface area contributed by atoms with E-state index in [1.54, 1.807) is 19.6 Å². The average Bonchev–Trinajstić information content (AvgIpc) is 3.38. The third-order valence-corrected chi connectivity index (χ3v) is 4.55. The van der Waals surface area contributed by atoms with Gasteiger partial charge in [-0.15, -0.1) is 0 Å². The van der Waals surface area contributed by atoms with Crippen LogP contribution in [0.1, 0.15) is 18.4 Å². The topological polar surface area (TPSA) is 78.5 Å². The Labute approximate surface area is 150 Å². The van der Waals surface area contributed by atoms with Gasteiger partial charge in [-0.3, -0.25) is 9.48 Å². The summed E-state index contributed by atoms with van der Waals surface area (Å²) >= 11 is 0. The van der Waals surface area contributed by atoms with Gasteiger partial charge >= 0.3 is 0 Å². The van der Waals surface area contributed by atoms with Gasteiger partial charge in [0.25, 0.3) is 0 Å². The fraction of sp³-hybridized carbons (Fsp3) is 0.368. The van der Waals surface area contributed by atoms with Crippen molar-refractivity contribution in [1.82, 2.24) is 9.78 Å². The molecule has 0 aliphatic carbocycles. The molecule has 1 atom stereocenters. The van der Waals surface area contributed by atoms with Gasteiger partial charge in [-0.2, -0.15) is 5.10 Å². The number of methoxy groups -OCH3 is 1. The molecule has 7 nitrogen and oxygen atoms in total. The van der Waals surface area contributed by atoms with E-state index in [-0.39, 0.29) is 18.4 Å². The van der Waals surface area contributed by atoms with Crippen molar-refractivity contribution in [2.45, 2.75) is 31.9 Å². The van der Waals surface area contributed by atoms with Gasteiger partial charge in [0.05, 0.1) is 44.3 Å². The van der Waals surface area contributed by atoms with Crippen molar-refractivity contribution in [2.24, 2.45) is 0 Å². The number of carbonyl (C=O) groups excluding carboxylic acids is 1. The number of nitrogens with zero attached hydrogens (tertiary/aromatic N) is 2. The van der Waals surface area contributed by atoms with Gasteiger partial charge in [-0.05, 0) is 25.0 Å². The summed E-state index contributed by atoms with van der Waals surface area (Å²) in [6.45, 7) is 1.53. The maximum Gasteiger partial charge on any atom is 0.229 e. The fourth-order valence-electron chi connectivity index (χ4n) is 3.23. The minimum absolute atomic E-state index is 0.111. The zero-order valence-electron chi connectivity index (χ0n) is 14.6. The molecule has 1 fully saturated rings. The number of ether oxygens (including phenoxy) is 2. The number of nitrogens with one attached hydrogen (secondary N) is 1. The quantitative estimate of drug-likeness (QED) is 0.735. The summed E-state index contributed by atoms with van der Waals surface area (Å²) in [5.41, 5.74) is 2.23. The summed E-state index contributed by atoms with van der Waals surface area (Å²) in [5, 5.41) is 8.08. The molecule has 1 unspecified atom stereocenters. The number of hydrogen-bond donors (Lipinski definition) is 1. The highest BCUT2D eigenvalue weighted by molar-refractivity contribution is 5.95. The van der Waals surface area contributed by atoms with E-state index >= 15 is 0 Å². The Morgan fingerprint density at radius 3 is 3.19 bits per heavy atom. The number of hydrogen-bond acceptors (Lipinski definition) is 5. The van der Waals surface area contributed by atoms with Crippen LogP contribution in [0.4, 0.5) is 5.69 Å². The fourth-order valence-corrected chi connectivity index (χ4v) is 3.23. The highest BCUT2D eigenvalue weighted by Crippen LogP contribution is 2.26. The molecule has 0 radical (unpaired) electrons. The first-order valence-corrected chi connectivity index (χ1v) is 8.69. The summed E-state index contributed by atoms with van der Waals surface area (Å²) < 4.78 is 18.1. The molecule has 1 saturated heterocycles. The van der Waals surface area contributed by atoms with Crippen LogP contribution in [0.25, 0.3) is 11.0 Å². The lowest BCUT2D eigenvalue weighted by atomic mass is 10.1. The molecule has 26 heavy (non-hydrogen) atoms. The summed E-state index contributed by atoms with van der Waals surface area (Å²) in [6, 6.07) is 5.57. The zero-order chi connectivity index (χ0) is 17.9. The molecular formula is C19H21N3O4. The third-order valence-electron chi connectivity index (χ3n) is 4.55. The molecular weight excluding hydrogens is 334 g/mol. The summed E-state index contributed by atoms with van der Waals surface area (Å²) in [4.78, 5) is 12.4. The van der Waals surface area contributed by atoms with Crippen LogP contribution < -0.4 is 10.1 Å². The molecule has 3 heterocycles. The van der Waals surface area contributed by atoms with Crippen molar-refractivity contribution in [3.8, 4) is 5.75 Å². The molecule has 1 aromatic carbocycles. The lowest BCUT2D eigenvalue weighted by molar-refractivity contribution is -0.115. The SMILES string of the molecule is COc1ccc2c(CC(=O)Nc3cnn(CC4CCCO4)c3)coc2c1. The monoisotopic (exact) mass is 355 g/mol. The number of carbonyl (C=O) groups is 1. The predicted octanol–water partition coefficient (Wildman–Crippen LogP) is 3.00. The van der Waals surface area contributed by atoms with Crippen molar-refractivity contribution in [3.63, 3.8) is 0 Å². The number of anilines is 1. The lowest BCUT2D eigenvalue weighted by Crippen LogP contribution is -2.15. The number of rotatable bonds is 6. The number of furan rings is 1. The Morgan fingerprint density at radius 1 is 1.46 bits per heavy atom. The number of fused-ring (bicyclic) bond motifs is 1. The lowest BCUT2D eigenvalue weighted by Gasteiger charge is -2.08. The van der Waals surface area contributed by atoms with E-state index in [0.29, 0.717) is 17.8 Å². The van der Waals surface area contributed by atoms with E-state index in [2.05, 4.69) is 10.4 Å². The molecule has 0 spiro atoms. The van der Waals surface area contributed by atoms with Gasteiger partial charge in [-0.1, -0.05) is 0 Å². The van der Waals surface area contributed by atoms with E-state index in [0.717, 1.165) is 36.1 Å². The van der Waals surface area contributed by atoms with Crippen molar-refractivity contribution in [3.05, 3.63) is 42.4 Å². The first-order chi connectivity index (χ1) is 12.7. The van der Waals surface area contributed by atoms with Crippen molar-refractivity contribution < 1.29 is 18.7 Å². The molecule has 3 aromatic rings.